The third kappa shape index (κ3) is 4.04. The fourth-order valence-corrected chi connectivity index (χ4v) is 3.42. The molecule has 0 heterocycles. The number of ether oxygens (including phenoxy) is 1. The number of hydrogen-bond acceptors (Lipinski definition) is 7. The Bertz CT molecular complexity index is 434. The molecule has 0 bridgehead atoms. The van der Waals surface area contributed by atoms with Crippen molar-refractivity contribution in [3.63, 3.8) is 0 Å². The maximum Gasteiger partial charge on any atom is 0.476 e. The number of phosphoric acid groups is 1. The lowest BCUT2D eigenvalue weighted by Gasteiger charge is -2.35. The number of carbonyl (C=O) groups excluding carboxylic acids is 1. The van der Waals surface area contributed by atoms with Crippen molar-refractivity contribution in [2.24, 2.45) is 5.92 Å². The average molecular weight is 319 g/mol. The van der Waals surface area contributed by atoms with Crippen LogP contribution >= 0.6 is 7.82 Å². The van der Waals surface area contributed by atoms with Crippen LogP contribution < -0.4 is 0 Å². The lowest BCUT2D eigenvalue weighted by Crippen LogP contribution is -2.48. The maximum absolute atomic E-state index is 12.3. The zero-order chi connectivity index (χ0) is 15.9. The Morgan fingerprint density at radius 3 is 2.29 bits per heavy atom. The second-order valence-corrected chi connectivity index (χ2v) is 6.61. The lowest BCUT2D eigenvalue weighted by atomic mass is 9.77. The number of nitrogens with zero attached hydrogens (tertiary/aromatic N) is 1. The van der Waals surface area contributed by atoms with Crippen LogP contribution in [0.2, 0.25) is 0 Å². The van der Waals surface area contributed by atoms with Crippen molar-refractivity contribution in [2.75, 3.05) is 20.8 Å². The summed E-state index contributed by atoms with van der Waals surface area (Å²) in [6.07, 6.45) is 4.04. The van der Waals surface area contributed by atoms with Crippen LogP contribution in [0.25, 0.3) is 0 Å². The van der Waals surface area contributed by atoms with Gasteiger partial charge in [0, 0.05) is 20.1 Å². The van der Waals surface area contributed by atoms with E-state index in [-0.39, 0.29) is 6.61 Å². The van der Waals surface area contributed by atoms with Crippen LogP contribution in [0, 0.1) is 17.2 Å². The Morgan fingerprint density at radius 2 is 1.86 bits per heavy atom. The van der Waals surface area contributed by atoms with Gasteiger partial charge in [-0.2, -0.15) is 5.26 Å². The van der Waals surface area contributed by atoms with E-state index < -0.39 is 25.3 Å². The van der Waals surface area contributed by atoms with E-state index in [0.29, 0.717) is 12.8 Å². The Labute approximate surface area is 125 Å². The summed E-state index contributed by atoms with van der Waals surface area (Å²) in [5, 5.41) is 9.57. The molecule has 0 radical (unpaired) electrons. The standard InChI is InChI=1S/C13H22NO6P/c1-4-19-12(15)13(10-14,11-8-6-5-7-9-11)20-21(16,17-2)18-3/h11H,4-9H2,1-3H3. The molecule has 21 heavy (non-hydrogen) atoms. The van der Waals surface area contributed by atoms with Crippen LogP contribution in [0.4, 0.5) is 0 Å². The smallest absolute Gasteiger partial charge is 0.463 e. The summed E-state index contributed by atoms with van der Waals surface area (Å²) in [7, 11) is -1.71. The summed E-state index contributed by atoms with van der Waals surface area (Å²) < 4.78 is 32.0. The average Bonchev–Trinajstić information content (AvgIpc) is 2.53. The van der Waals surface area contributed by atoms with Crippen molar-refractivity contribution < 1.29 is 27.7 Å². The molecular weight excluding hydrogens is 297 g/mol. The fraction of sp³-hybridized carbons (Fsp3) is 0.846. The second-order valence-electron chi connectivity index (χ2n) is 4.81. The highest BCUT2D eigenvalue weighted by Crippen LogP contribution is 2.54. The SMILES string of the molecule is CCOC(=O)C(C#N)(OP(=O)(OC)OC)C1CCCCC1. The summed E-state index contributed by atoms with van der Waals surface area (Å²) in [6, 6.07) is 1.87. The summed E-state index contributed by atoms with van der Waals surface area (Å²) in [5.41, 5.74) is -1.96. The van der Waals surface area contributed by atoms with E-state index >= 15 is 0 Å². The Kier molecular flexibility index (Phi) is 6.82. The van der Waals surface area contributed by atoms with Crippen LogP contribution in [0.1, 0.15) is 39.0 Å². The van der Waals surface area contributed by atoms with Gasteiger partial charge in [-0.1, -0.05) is 19.3 Å². The quantitative estimate of drug-likeness (QED) is 0.526. The molecule has 0 aromatic rings. The summed E-state index contributed by atoms with van der Waals surface area (Å²) in [6.45, 7) is 1.73. The molecule has 7 nitrogen and oxygen atoms in total. The third-order valence-electron chi connectivity index (χ3n) is 3.63. The first-order valence-corrected chi connectivity index (χ1v) is 8.44. The van der Waals surface area contributed by atoms with Gasteiger partial charge in [0.25, 0.3) is 5.60 Å². The molecule has 0 aliphatic heterocycles. The van der Waals surface area contributed by atoms with E-state index in [2.05, 4.69) is 0 Å². The molecule has 0 N–H and O–H groups in total. The highest BCUT2D eigenvalue weighted by atomic mass is 31.2. The molecule has 0 amide bonds. The van der Waals surface area contributed by atoms with Gasteiger partial charge in [0.05, 0.1) is 6.61 Å². The Morgan fingerprint density at radius 1 is 1.29 bits per heavy atom. The van der Waals surface area contributed by atoms with E-state index in [1.807, 2.05) is 6.07 Å². The first kappa shape index (κ1) is 18.1. The second kappa shape index (κ2) is 7.90. The van der Waals surface area contributed by atoms with Gasteiger partial charge in [-0.25, -0.2) is 9.36 Å². The molecule has 1 fully saturated rings. The third-order valence-corrected chi connectivity index (χ3v) is 5.03. The van der Waals surface area contributed by atoms with E-state index in [4.69, 9.17) is 18.3 Å². The zero-order valence-corrected chi connectivity index (χ0v) is 13.6. The summed E-state index contributed by atoms with van der Waals surface area (Å²) in [5.74, 6) is -1.23. The van der Waals surface area contributed by atoms with Crippen molar-refractivity contribution in [1.29, 1.82) is 5.26 Å². The van der Waals surface area contributed by atoms with Crippen LogP contribution in [-0.4, -0.2) is 32.4 Å². The van der Waals surface area contributed by atoms with Crippen molar-refractivity contribution in [3.05, 3.63) is 0 Å². The van der Waals surface area contributed by atoms with Crippen LogP contribution in [0.3, 0.4) is 0 Å². The van der Waals surface area contributed by atoms with E-state index in [9.17, 15) is 14.6 Å². The normalized spacial score (nSPS) is 19.5. The van der Waals surface area contributed by atoms with Gasteiger partial charge in [0.1, 0.15) is 6.07 Å². The van der Waals surface area contributed by atoms with Gasteiger partial charge in [-0.05, 0) is 19.8 Å². The molecule has 0 spiro atoms. The lowest BCUT2D eigenvalue weighted by molar-refractivity contribution is -0.164. The molecule has 0 aromatic heterocycles. The number of rotatable bonds is 7. The predicted octanol–water partition coefficient (Wildman–Crippen LogP) is 2.81. The minimum Gasteiger partial charge on any atom is -0.463 e. The van der Waals surface area contributed by atoms with Crippen molar-refractivity contribution in [1.82, 2.24) is 0 Å². The fourth-order valence-electron chi connectivity index (χ4n) is 2.51. The molecule has 1 atom stereocenters. The first-order valence-electron chi connectivity index (χ1n) is 6.98. The number of nitriles is 1. The van der Waals surface area contributed by atoms with Gasteiger partial charge in [0.15, 0.2) is 0 Å². The molecule has 1 aliphatic carbocycles. The van der Waals surface area contributed by atoms with Crippen molar-refractivity contribution >= 4 is 13.8 Å². The number of phosphoric ester groups is 1. The molecule has 1 saturated carbocycles. The molecule has 0 saturated heterocycles. The number of esters is 1. The molecule has 1 unspecified atom stereocenters. The van der Waals surface area contributed by atoms with Crippen LogP contribution in [0.5, 0.6) is 0 Å². The van der Waals surface area contributed by atoms with E-state index in [1.54, 1.807) is 6.92 Å². The van der Waals surface area contributed by atoms with Crippen molar-refractivity contribution in [3.8, 4) is 6.07 Å². The van der Waals surface area contributed by atoms with Crippen LogP contribution in [0.15, 0.2) is 0 Å². The van der Waals surface area contributed by atoms with Gasteiger partial charge >= 0.3 is 13.8 Å². The molecule has 0 aromatic carbocycles. The van der Waals surface area contributed by atoms with Gasteiger partial charge in [-0.3, -0.25) is 13.6 Å². The van der Waals surface area contributed by atoms with Gasteiger partial charge in [0.2, 0.25) is 0 Å². The molecule has 120 valence electrons. The predicted molar refractivity (Wildman–Crippen MR) is 74.3 cm³/mol. The highest BCUT2D eigenvalue weighted by molar-refractivity contribution is 7.48. The zero-order valence-electron chi connectivity index (χ0n) is 12.7. The Hall–Kier alpha value is -0.930. The largest absolute Gasteiger partial charge is 0.476 e. The molecular formula is C13H22NO6P. The first-order chi connectivity index (χ1) is 9.98. The summed E-state index contributed by atoms with van der Waals surface area (Å²) in [4.78, 5) is 12.3. The minimum atomic E-state index is -3.99. The minimum absolute atomic E-state index is 0.0998. The summed E-state index contributed by atoms with van der Waals surface area (Å²) >= 11 is 0. The molecule has 1 aliphatic rings. The topological polar surface area (TPSA) is 94.9 Å². The van der Waals surface area contributed by atoms with Crippen LogP contribution in [-0.2, 0) is 27.7 Å². The van der Waals surface area contributed by atoms with Gasteiger partial charge < -0.3 is 4.74 Å². The number of carbonyl (C=O) groups is 1. The van der Waals surface area contributed by atoms with Gasteiger partial charge in [-0.15, -0.1) is 0 Å². The molecule has 8 heteroatoms. The van der Waals surface area contributed by atoms with E-state index in [0.717, 1.165) is 33.5 Å². The highest BCUT2D eigenvalue weighted by Gasteiger charge is 2.54. The monoisotopic (exact) mass is 319 g/mol. The van der Waals surface area contributed by atoms with Crippen molar-refractivity contribution in [2.45, 2.75) is 44.6 Å². The van der Waals surface area contributed by atoms with E-state index in [1.165, 1.54) is 0 Å². The maximum atomic E-state index is 12.3. The number of hydrogen-bond donors (Lipinski definition) is 0. The molecule has 1 rings (SSSR count). The Balaban J connectivity index is 3.16.